The lowest BCUT2D eigenvalue weighted by atomic mass is 9.71. The van der Waals surface area contributed by atoms with E-state index >= 15 is 0 Å². The zero-order valence-corrected chi connectivity index (χ0v) is 28.5. The number of methoxy groups -OCH3 is 1. The second kappa shape index (κ2) is 14.3. The third-order valence-electron chi connectivity index (χ3n) is 9.77. The zero-order chi connectivity index (χ0) is 32.1. The Morgan fingerprint density at radius 1 is 0.935 bits per heavy atom. The molecule has 7 nitrogen and oxygen atoms in total. The van der Waals surface area contributed by atoms with Crippen molar-refractivity contribution in [1.29, 1.82) is 0 Å². The van der Waals surface area contributed by atoms with Crippen LogP contribution in [0.3, 0.4) is 0 Å². The topological polar surface area (TPSA) is 49.7 Å². The molecule has 0 bridgehead atoms. The summed E-state index contributed by atoms with van der Waals surface area (Å²) in [5.41, 5.74) is 8.51. The molecule has 4 aromatic rings. The first-order valence-corrected chi connectivity index (χ1v) is 17.1. The third kappa shape index (κ3) is 6.53. The number of benzene rings is 3. The van der Waals surface area contributed by atoms with Gasteiger partial charge in [0.1, 0.15) is 0 Å². The number of hydrogen-bond acceptors (Lipinski definition) is 6. The number of aryl methyl sites for hydroxylation is 3. The van der Waals surface area contributed by atoms with Crippen LogP contribution < -0.4 is 9.64 Å². The molecule has 1 unspecified atom stereocenters. The highest BCUT2D eigenvalue weighted by atomic mass is 35.5. The van der Waals surface area contributed by atoms with Crippen LogP contribution in [-0.2, 0) is 24.8 Å². The molecule has 0 amide bonds. The van der Waals surface area contributed by atoms with Crippen LogP contribution in [0.4, 0.5) is 5.69 Å². The molecular formula is C38H47ClN6O. The van der Waals surface area contributed by atoms with Crippen molar-refractivity contribution < 1.29 is 4.74 Å². The number of halogens is 1. The van der Waals surface area contributed by atoms with Gasteiger partial charge in [-0.15, -0.1) is 5.10 Å². The summed E-state index contributed by atoms with van der Waals surface area (Å²) in [6.45, 7) is 8.11. The minimum absolute atomic E-state index is 0.228. The fourth-order valence-electron chi connectivity index (χ4n) is 7.34. The highest BCUT2D eigenvalue weighted by Gasteiger charge is 2.44. The summed E-state index contributed by atoms with van der Waals surface area (Å²) in [7, 11) is 6.02. The fourth-order valence-corrected chi connectivity index (χ4v) is 7.65. The Morgan fingerprint density at radius 3 is 2.43 bits per heavy atom. The maximum atomic E-state index is 6.53. The van der Waals surface area contributed by atoms with E-state index in [9.17, 15) is 0 Å². The molecule has 242 valence electrons. The number of anilines is 1. The summed E-state index contributed by atoms with van der Waals surface area (Å²) in [5, 5.41) is 9.83. The molecule has 0 saturated carbocycles. The van der Waals surface area contributed by atoms with Gasteiger partial charge < -0.3 is 14.5 Å². The van der Waals surface area contributed by atoms with Crippen LogP contribution in [0.15, 0.2) is 78.6 Å². The molecule has 3 aromatic carbocycles. The molecule has 1 aliphatic carbocycles. The smallest absolute Gasteiger partial charge is 0.160 e. The van der Waals surface area contributed by atoms with E-state index < -0.39 is 0 Å². The van der Waals surface area contributed by atoms with Crippen LogP contribution in [0.5, 0.6) is 5.75 Å². The molecule has 1 saturated heterocycles. The number of likely N-dealkylation sites (N-methyl/N-ethyl adjacent to an activating group) is 1. The van der Waals surface area contributed by atoms with E-state index in [1.165, 1.54) is 28.0 Å². The average Bonchev–Trinajstić information content (AvgIpc) is 3.69. The highest BCUT2D eigenvalue weighted by molar-refractivity contribution is 6.32. The predicted molar refractivity (Wildman–Crippen MR) is 189 cm³/mol. The number of fused-ring (bicyclic) bond motifs is 1. The standard InChI is InChI=1S/C38H47ClN6O/c1-5-29-25-34(39)37(46-4)35(26-29)44-23-21-43(22-24-44)19-12-11-16-32-28-45(41-40-32)20-18-38(31-14-7-6-8-15-31)33-17-10-9-13-30(33)27-36(38)42(2)3/h6-10,13-15,17,25-28H,5,11-12,16,18-24H2,1-4H3. The molecule has 0 spiro atoms. The van der Waals surface area contributed by atoms with Crippen LogP contribution in [0.2, 0.25) is 5.02 Å². The van der Waals surface area contributed by atoms with Crippen molar-refractivity contribution in [3.63, 3.8) is 0 Å². The van der Waals surface area contributed by atoms with Crippen molar-refractivity contribution in [2.45, 2.75) is 51.0 Å². The van der Waals surface area contributed by atoms with Crippen LogP contribution >= 0.6 is 11.6 Å². The van der Waals surface area contributed by atoms with Crippen LogP contribution in [0, 0.1) is 0 Å². The minimum Gasteiger partial charge on any atom is -0.493 e. The maximum Gasteiger partial charge on any atom is 0.160 e. The van der Waals surface area contributed by atoms with Crippen molar-refractivity contribution in [1.82, 2.24) is 24.8 Å². The fraction of sp³-hybridized carbons (Fsp3) is 0.421. The van der Waals surface area contributed by atoms with Crippen molar-refractivity contribution in [3.8, 4) is 5.75 Å². The Kier molecular flexibility index (Phi) is 10.00. The van der Waals surface area contributed by atoms with Crippen molar-refractivity contribution in [3.05, 3.63) is 112 Å². The molecular weight excluding hydrogens is 592 g/mol. The van der Waals surface area contributed by atoms with E-state index in [4.69, 9.17) is 16.3 Å². The van der Waals surface area contributed by atoms with Gasteiger partial charge in [0.05, 0.1) is 28.9 Å². The van der Waals surface area contributed by atoms with E-state index in [-0.39, 0.29) is 5.41 Å². The van der Waals surface area contributed by atoms with Gasteiger partial charge in [-0.3, -0.25) is 9.58 Å². The molecule has 2 aliphatic rings. The Bertz CT molecular complexity index is 1640. The quantitative estimate of drug-likeness (QED) is 0.148. The van der Waals surface area contributed by atoms with E-state index in [0.29, 0.717) is 5.02 Å². The second-order valence-electron chi connectivity index (χ2n) is 12.8. The summed E-state index contributed by atoms with van der Waals surface area (Å²) in [5.74, 6) is 0.790. The van der Waals surface area contributed by atoms with Crippen molar-refractivity contribution in [2.75, 3.05) is 58.8 Å². The molecule has 1 aromatic heterocycles. The molecule has 1 atom stereocenters. The highest BCUT2D eigenvalue weighted by Crippen LogP contribution is 2.50. The number of aromatic nitrogens is 3. The van der Waals surface area contributed by atoms with Crippen LogP contribution in [0.25, 0.3) is 6.08 Å². The lowest BCUT2D eigenvalue weighted by Gasteiger charge is -2.38. The SMILES string of the molecule is CCc1cc(Cl)c(OC)c(N2CCN(CCCCc3cn(CCC4(c5ccccc5)C(N(C)C)=Cc5ccccc54)nn3)CC2)c1. The summed E-state index contributed by atoms with van der Waals surface area (Å²) >= 11 is 6.53. The number of allylic oxidation sites excluding steroid dienone is 1. The molecule has 0 radical (unpaired) electrons. The summed E-state index contributed by atoms with van der Waals surface area (Å²) < 4.78 is 7.71. The molecule has 2 heterocycles. The Morgan fingerprint density at radius 2 is 1.70 bits per heavy atom. The average molecular weight is 639 g/mol. The van der Waals surface area contributed by atoms with E-state index in [1.807, 2.05) is 10.7 Å². The third-order valence-corrected chi connectivity index (χ3v) is 10.0. The summed E-state index contributed by atoms with van der Waals surface area (Å²) in [4.78, 5) is 7.27. The Labute approximate surface area is 279 Å². The van der Waals surface area contributed by atoms with Crippen LogP contribution in [0.1, 0.15) is 54.1 Å². The monoisotopic (exact) mass is 638 g/mol. The first kappa shape index (κ1) is 32.1. The van der Waals surface area contributed by atoms with Crippen molar-refractivity contribution >= 4 is 23.4 Å². The molecule has 46 heavy (non-hydrogen) atoms. The molecule has 0 N–H and O–H groups in total. The van der Waals surface area contributed by atoms with Gasteiger partial charge in [-0.1, -0.05) is 78.3 Å². The number of unbranched alkanes of at least 4 members (excludes halogenated alkanes) is 1. The number of rotatable bonds is 13. The molecule has 6 rings (SSSR count). The van der Waals surface area contributed by atoms with E-state index in [2.05, 4.69) is 119 Å². The normalized spacial score (nSPS) is 18.0. The van der Waals surface area contributed by atoms with Gasteiger partial charge in [0.25, 0.3) is 0 Å². The maximum absolute atomic E-state index is 6.53. The molecule has 8 heteroatoms. The zero-order valence-electron chi connectivity index (χ0n) is 27.8. The van der Waals surface area contributed by atoms with Gasteiger partial charge in [0.15, 0.2) is 5.75 Å². The lowest BCUT2D eigenvalue weighted by Crippen LogP contribution is -2.46. The van der Waals surface area contributed by atoms with Crippen molar-refractivity contribution in [2.24, 2.45) is 0 Å². The number of nitrogens with zero attached hydrogens (tertiary/aromatic N) is 6. The second-order valence-corrected chi connectivity index (χ2v) is 13.2. The Balaban J connectivity index is 1.02. The van der Waals surface area contributed by atoms with Gasteiger partial charge in [-0.25, -0.2) is 0 Å². The Hall–Kier alpha value is -3.81. The largest absolute Gasteiger partial charge is 0.493 e. The molecule has 1 aliphatic heterocycles. The minimum atomic E-state index is -0.228. The summed E-state index contributed by atoms with van der Waals surface area (Å²) in [6, 6.07) is 24.0. The first-order valence-electron chi connectivity index (χ1n) is 16.7. The van der Waals surface area contributed by atoms with Gasteiger partial charge in [-0.05, 0) is 79.1 Å². The first-order chi connectivity index (χ1) is 22.4. The van der Waals surface area contributed by atoms with Gasteiger partial charge in [-0.2, -0.15) is 0 Å². The summed E-state index contributed by atoms with van der Waals surface area (Å²) in [6.07, 6.45) is 9.59. The number of hydrogen-bond donors (Lipinski definition) is 0. The number of ether oxygens (including phenoxy) is 1. The number of piperazine rings is 1. The lowest BCUT2D eigenvalue weighted by molar-refractivity contribution is 0.252. The predicted octanol–water partition coefficient (Wildman–Crippen LogP) is 6.94. The van der Waals surface area contributed by atoms with Gasteiger partial charge in [0, 0.05) is 58.7 Å². The van der Waals surface area contributed by atoms with Crippen LogP contribution in [-0.4, -0.2) is 78.7 Å². The van der Waals surface area contributed by atoms with Gasteiger partial charge in [0.2, 0.25) is 0 Å². The van der Waals surface area contributed by atoms with Gasteiger partial charge >= 0.3 is 0 Å². The molecule has 1 fully saturated rings. The van der Waals surface area contributed by atoms with E-state index in [1.54, 1.807) is 7.11 Å². The van der Waals surface area contributed by atoms with E-state index in [0.717, 1.165) is 88.5 Å².